The summed E-state index contributed by atoms with van der Waals surface area (Å²) in [5, 5.41) is 12.3. The lowest BCUT2D eigenvalue weighted by Gasteiger charge is -2.28. The summed E-state index contributed by atoms with van der Waals surface area (Å²) < 4.78 is 0. The minimum atomic E-state index is -0.155. The number of amides is 1. The molecule has 1 fully saturated rings. The van der Waals surface area contributed by atoms with Gasteiger partial charge < -0.3 is 16.2 Å². The molecule has 0 radical (unpaired) electrons. The molecule has 0 aromatic rings. The molecule has 4 heteroatoms. The zero-order chi connectivity index (χ0) is 11.3. The largest absolute Gasteiger partial charge is 0.396 e. The molecule has 1 unspecified atom stereocenters. The Bertz CT molecular complexity index is 201. The van der Waals surface area contributed by atoms with Crippen molar-refractivity contribution in [1.82, 2.24) is 5.32 Å². The molecular formula is C11H22N2O2. The highest BCUT2D eigenvalue weighted by Gasteiger charge is 2.24. The number of nitrogens with one attached hydrogen (secondary N) is 1. The van der Waals surface area contributed by atoms with Crippen LogP contribution in [-0.2, 0) is 4.79 Å². The van der Waals surface area contributed by atoms with Crippen LogP contribution in [0.3, 0.4) is 0 Å². The predicted molar refractivity (Wildman–Crippen MR) is 59.2 cm³/mol. The van der Waals surface area contributed by atoms with Crippen LogP contribution in [0, 0.1) is 11.8 Å². The van der Waals surface area contributed by atoms with Gasteiger partial charge in [0, 0.05) is 25.1 Å². The maximum absolute atomic E-state index is 10.9. The van der Waals surface area contributed by atoms with E-state index in [4.69, 9.17) is 10.8 Å². The first-order chi connectivity index (χ1) is 7.13. The second-order valence-corrected chi connectivity index (χ2v) is 4.65. The minimum Gasteiger partial charge on any atom is -0.396 e. The van der Waals surface area contributed by atoms with Crippen LogP contribution >= 0.6 is 0 Å². The monoisotopic (exact) mass is 214 g/mol. The molecule has 4 nitrogen and oxygen atoms in total. The van der Waals surface area contributed by atoms with E-state index in [-0.39, 0.29) is 18.4 Å². The zero-order valence-corrected chi connectivity index (χ0v) is 9.41. The number of hydrogen-bond acceptors (Lipinski definition) is 3. The third-order valence-corrected chi connectivity index (χ3v) is 3.20. The highest BCUT2D eigenvalue weighted by atomic mass is 16.3. The minimum absolute atomic E-state index is 0.0818. The molecule has 1 saturated carbocycles. The van der Waals surface area contributed by atoms with Gasteiger partial charge in [-0.15, -0.1) is 0 Å². The number of carbonyl (C=O) groups is 1. The molecule has 15 heavy (non-hydrogen) atoms. The van der Waals surface area contributed by atoms with Crippen LogP contribution in [0.2, 0.25) is 0 Å². The summed E-state index contributed by atoms with van der Waals surface area (Å²) in [5.74, 6) is 0.231. The molecule has 1 aliphatic carbocycles. The Morgan fingerprint density at radius 1 is 1.47 bits per heavy atom. The van der Waals surface area contributed by atoms with Crippen LogP contribution in [0.25, 0.3) is 0 Å². The SMILES string of the molecule is CC(CO)CNC1CCC(C(N)=O)CC1. The summed E-state index contributed by atoms with van der Waals surface area (Å²) in [4.78, 5) is 10.9. The second-order valence-electron chi connectivity index (χ2n) is 4.65. The molecule has 0 aromatic carbocycles. The molecule has 1 atom stereocenters. The molecule has 1 rings (SSSR count). The van der Waals surface area contributed by atoms with Gasteiger partial charge in [-0.2, -0.15) is 0 Å². The van der Waals surface area contributed by atoms with Crippen molar-refractivity contribution >= 4 is 5.91 Å². The highest BCUT2D eigenvalue weighted by molar-refractivity contribution is 5.76. The molecule has 0 spiro atoms. The van der Waals surface area contributed by atoms with Gasteiger partial charge in [-0.05, 0) is 31.6 Å². The smallest absolute Gasteiger partial charge is 0.220 e. The molecule has 0 aromatic heterocycles. The summed E-state index contributed by atoms with van der Waals surface area (Å²) in [6.07, 6.45) is 3.85. The van der Waals surface area contributed by atoms with Crippen molar-refractivity contribution in [3.8, 4) is 0 Å². The Balaban J connectivity index is 2.17. The van der Waals surface area contributed by atoms with Gasteiger partial charge in [0.2, 0.25) is 5.91 Å². The lowest BCUT2D eigenvalue weighted by molar-refractivity contribution is -0.122. The number of carbonyl (C=O) groups excluding carboxylic acids is 1. The van der Waals surface area contributed by atoms with E-state index in [9.17, 15) is 4.79 Å². The first kappa shape index (κ1) is 12.5. The zero-order valence-electron chi connectivity index (χ0n) is 9.41. The number of rotatable bonds is 5. The van der Waals surface area contributed by atoms with Crippen LogP contribution in [0.15, 0.2) is 0 Å². The van der Waals surface area contributed by atoms with Crippen molar-refractivity contribution in [3.63, 3.8) is 0 Å². The van der Waals surface area contributed by atoms with Gasteiger partial charge in [-0.25, -0.2) is 0 Å². The fourth-order valence-electron chi connectivity index (χ4n) is 2.01. The molecule has 4 N–H and O–H groups in total. The number of aliphatic hydroxyl groups is 1. The maximum atomic E-state index is 10.9. The van der Waals surface area contributed by atoms with Gasteiger partial charge in [-0.3, -0.25) is 4.79 Å². The number of hydrogen-bond donors (Lipinski definition) is 3. The summed E-state index contributed by atoms with van der Waals surface area (Å²) in [6.45, 7) is 3.09. The van der Waals surface area contributed by atoms with E-state index >= 15 is 0 Å². The van der Waals surface area contributed by atoms with Crippen LogP contribution in [0.1, 0.15) is 32.6 Å². The Morgan fingerprint density at radius 2 is 2.07 bits per heavy atom. The average Bonchev–Trinajstić information content (AvgIpc) is 2.26. The third-order valence-electron chi connectivity index (χ3n) is 3.20. The van der Waals surface area contributed by atoms with Gasteiger partial charge in [0.05, 0.1) is 0 Å². The fraction of sp³-hybridized carbons (Fsp3) is 0.909. The Labute approximate surface area is 91.2 Å². The van der Waals surface area contributed by atoms with E-state index in [1.54, 1.807) is 0 Å². The number of nitrogens with two attached hydrogens (primary N) is 1. The van der Waals surface area contributed by atoms with Crippen molar-refractivity contribution in [2.45, 2.75) is 38.6 Å². The van der Waals surface area contributed by atoms with Crippen LogP contribution in [-0.4, -0.2) is 30.2 Å². The van der Waals surface area contributed by atoms with E-state index in [1.165, 1.54) is 0 Å². The Hall–Kier alpha value is -0.610. The first-order valence-corrected chi connectivity index (χ1v) is 5.77. The molecule has 1 amide bonds. The molecule has 0 bridgehead atoms. The number of primary amides is 1. The molecular weight excluding hydrogens is 192 g/mol. The van der Waals surface area contributed by atoms with E-state index in [0.29, 0.717) is 12.0 Å². The fourth-order valence-corrected chi connectivity index (χ4v) is 2.01. The topological polar surface area (TPSA) is 75.3 Å². The van der Waals surface area contributed by atoms with Crippen LogP contribution in [0.5, 0.6) is 0 Å². The summed E-state index contributed by atoms with van der Waals surface area (Å²) in [5.41, 5.74) is 5.26. The Kier molecular flexibility index (Phi) is 5.05. The van der Waals surface area contributed by atoms with Gasteiger partial charge in [0.15, 0.2) is 0 Å². The number of aliphatic hydroxyl groups excluding tert-OH is 1. The lowest BCUT2D eigenvalue weighted by atomic mass is 9.85. The average molecular weight is 214 g/mol. The van der Waals surface area contributed by atoms with Gasteiger partial charge in [0.1, 0.15) is 0 Å². The molecule has 88 valence electrons. The standard InChI is InChI=1S/C11H22N2O2/c1-8(7-14)6-13-10-4-2-9(3-5-10)11(12)15/h8-10,13-14H,2-7H2,1H3,(H2,12,15). The quantitative estimate of drug-likeness (QED) is 0.614. The van der Waals surface area contributed by atoms with Gasteiger partial charge >= 0.3 is 0 Å². The van der Waals surface area contributed by atoms with E-state index < -0.39 is 0 Å². The molecule has 0 heterocycles. The summed E-state index contributed by atoms with van der Waals surface area (Å²) in [7, 11) is 0. The summed E-state index contributed by atoms with van der Waals surface area (Å²) >= 11 is 0. The first-order valence-electron chi connectivity index (χ1n) is 5.77. The second kappa shape index (κ2) is 6.08. The summed E-state index contributed by atoms with van der Waals surface area (Å²) in [6, 6.07) is 0.495. The van der Waals surface area contributed by atoms with Gasteiger partial charge in [0.25, 0.3) is 0 Å². The van der Waals surface area contributed by atoms with Crippen LogP contribution < -0.4 is 11.1 Å². The van der Waals surface area contributed by atoms with E-state index in [1.807, 2.05) is 6.92 Å². The van der Waals surface area contributed by atoms with Crippen molar-refractivity contribution < 1.29 is 9.90 Å². The molecule has 0 aliphatic heterocycles. The van der Waals surface area contributed by atoms with Crippen molar-refractivity contribution in [3.05, 3.63) is 0 Å². The lowest BCUT2D eigenvalue weighted by Crippen LogP contribution is -2.38. The predicted octanol–water partition coefficient (Wildman–Crippen LogP) is 0.248. The maximum Gasteiger partial charge on any atom is 0.220 e. The van der Waals surface area contributed by atoms with Crippen molar-refractivity contribution in [1.29, 1.82) is 0 Å². The van der Waals surface area contributed by atoms with Gasteiger partial charge in [-0.1, -0.05) is 6.92 Å². The van der Waals surface area contributed by atoms with E-state index in [0.717, 1.165) is 32.2 Å². The Morgan fingerprint density at radius 3 is 2.53 bits per heavy atom. The molecule has 1 aliphatic rings. The van der Waals surface area contributed by atoms with Crippen molar-refractivity contribution in [2.75, 3.05) is 13.2 Å². The molecule has 0 saturated heterocycles. The van der Waals surface area contributed by atoms with Crippen LogP contribution in [0.4, 0.5) is 0 Å². The third kappa shape index (κ3) is 4.18. The normalized spacial score (nSPS) is 28.7. The van der Waals surface area contributed by atoms with Crippen molar-refractivity contribution in [2.24, 2.45) is 17.6 Å². The van der Waals surface area contributed by atoms with E-state index in [2.05, 4.69) is 5.32 Å². The highest BCUT2D eigenvalue weighted by Crippen LogP contribution is 2.23.